The average Bonchev–Trinajstić information content (AvgIpc) is 3.39. The number of hydrogen-bond donors (Lipinski definition) is 1. The molecule has 24 heavy (non-hydrogen) atoms. The van der Waals surface area contributed by atoms with Crippen molar-refractivity contribution in [2.45, 2.75) is 19.3 Å². The lowest BCUT2D eigenvalue weighted by molar-refractivity contribution is -0.116. The number of carbonyl (C=O) groups excluding carboxylic acids is 1. The topological polar surface area (TPSA) is 56.8 Å². The van der Waals surface area contributed by atoms with Crippen LogP contribution < -0.4 is 14.8 Å². The van der Waals surface area contributed by atoms with E-state index in [1.54, 1.807) is 25.3 Å². The van der Waals surface area contributed by atoms with Crippen molar-refractivity contribution in [3.05, 3.63) is 28.8 Å². The van der Waals surface area contributed by atoms with Crippen molar-refractivity contribution >= 4 is 23.6 Å². The Hall–Kier alpha value is -1.72. The Kier molecular flexibility index (Phi) is 7.40. The second-order valence-corrected chi connectivity index (χ2v) is 6.14. The Morgan fingerprint density at radius 1 is 1.33 bits per heavy atom. The first kappa shape index (κ1) is 18.6. The standard InChI is InChI=1S/C18H24ClNO4/c1-22-16-11-14(10-15(19)18(16)23-2)6-7-17(21)20-8-3-9-24-12-13-4-5-13/h6-7,10-11,13H,3-5,8-9,12H2,1-2H3,(H,20,21)/b7-6+. The summed E-state index contributed by atoms with van der Waals surface area (Å²) in [4.78, 5) is 11.8. The predicted molar refractivity (Wildman–Crippen MR) is 94.8 cm³/mol. The third kappa shape index (κ3) is 6.06. The number of rotatable bonds is 10. The average molecular weight is 354 g/mol. The zero-order valence-corrected chi connectivity index (χ0v) is 14.9. The van der Waals surface area contributed by atoms with Crippen LogP contribution in [0, 0.1) is 5.92 Å². The van der Waals surface area contributed by atoms with E-state index in [1.807, 2.05) is 0 Å². The molecule has 0 aromatic heterocycles. The first-order chi connectivity index (χ1) is 11.6. The third-order valence-electron chi connectivity index (χ3n) is 3.70. The molecule has 0 unspecified atom stereocenters. The fourth-order valence-electron chi connectivity index (χ4n) is 2.19. The molecule has 1 aliphatic rings. The van der Waals surface area contributed by atoms with Crippen LogP contribution in [0.1, 0.15) is 24.8 Å². The molecule has 2 rings (SSSR count). The highest BCUT2D eigenvalue weighted by Gasteiger charge is 2.20. The van der Waals surface area contributed by atoms with E-state index in [2.05, 4.69) is 5.32 Å². The molecule has 1 fully saturated rings. The molecule has 5 nitrogen and oxygen atoms in total. The molecule has 0 radical (unpaired) electrons. The van der Waals surface area contributed by atoms with Gasteiger partial charge in [-0.2, -0.15) is 0 Å². The molecule has 1 saturated carbocycles. The van der Waals surface area contributed by atoms with E-state index < -0.39 is 0 Å². The third-order valence-corrected chi connectivity index (χ3v) is 3.98. The van der Waals surface area contributed by atoms with Gasteiger partial charge in [-0.25, -0.2) is 0 Å². The fourth-order valence-corrected chi connectivity index (χ4v) is 2.48. The van der Waals surface area contributed by atoms with Gasteiger partial charge in [0.15, 0.2) is 11.5 Å². The van der Waals surface area contributed by atoms with Gasteiger partial charge in [0.05, 0.1) is 19.2 Å². The van der Waals surface area contributed by atoms with Crippen LogP contribution in [0.3, 0.4) is 0 Å². The first-order valence-corrected chi connectivity index (χ1v) is 8.47. The van der Waals surface area contributed by atoms with Gasteiger partial charge >= 0.3 is 0 Å². The minimum absolute atomic E-state index is 0.150. The SMILES string of the molecule is COc1cc(/C=C/C(=O)NCCCOCC2CC2)cc(Cl)c1OC. The molecule has 0 spiro atoms. The Balaban J connectivity index is 1.74. The van der Waals surface area contributed by atoms with Crippen LogP contribution in [0.25, 0.3) is 6.08 Å². The van der Waals surface area contributed by atoms with Gasteiger partial charge in [0, 0.05) is 25.8 Å². The normalized spacial score (nSPS) is 14.0. The Labute approximate surface area is 147 Å². The largest absolute Gasteiger partial charge is 0.493 e. The maximum Gasteiger partial charge on any atom is 0.244 e. The highest BCUT2D eigenvalue weighted by molar-refractivity contribution is 6.32. The van der Waals surface area contributed by atoms with Crippen LogP contribution in [0.15, 0.2) is 18.2 Å². The second kappa shape index (κ2) is 9.55. The molecule has 132 valence electrons. The summed E-state index contributed by atoms with van der Waals surface area (Å²) in [6, 6.07) is 3.48. The van der Waals surface area contributed by atoms with E-state index in [0.29, 0.717) is 29.7 Å². The minimum atomic E-state index is -0.150. The predicted octanol–water partition coefficient (Wildman–Crippen LogP) is 3.30. The van der Waals surface area contributed by atoms with Crippen LogP contribution in [0.5, 0.6) is 11.5 Å². The van der Waals surface area contributed by atoms with Crippen molar-refractivity contribution in [1.29, 1.82) is 0 Å². The summed E-state index contributed by atoms with van der Waals surface area (Å²) in [5.41, 5.74) is 0.764. The van der Waals surface area contributed by atoms with Gasteiger partial charge < -0.3 is 19.5 Å². The Morgan fingerprint density at radius 3 is 2.79 bits per heavy atom. The van der Waals surface area contributed by atoms with E-state index in [-0.39, 0.29) is 5.91 Å². The number of carbonyl (C=O) groups is 1. The van der Waals surface area contributed by atoms with Gasteiger partial charge in [0.2, 0.25) is 5.91 Å². The minimum Gasteiger partial charge on any atom is -0.493 e. The van der Waals surface area contributed by atoms with Crippen molar-refractivity contribution in [3.63, 3.8) is 0 Å². The van der Waals surface area contributed by atoms with E-state index >= 15 is 0 Å². The molecule has 0 heterocycles. The molecule has 0 aliphatic heterocycles. The van der Waals surface area contributed by atoms with Gasteiger partial charge in [-0.1, -0.05) is 11.6 Å². The lowest BCUT2D eigenvalue weighted by Crippen LogP contribution is -2.23. The summed E-state index contributed by atoms with van der Waals surface area (Å²) in [6.45, 7) is 2.14. The summed E-state index contributed by atoms with van der Waals surface area (Å²) >= 11 is 6.13. The van der Waals surface area contributed by atoms with E-state index in [9.17, 15) is 4.79 Å². The molecule has 0 atom stereocenters. The van der Waals surface area contributed by atoms with Crippen LogP contribution in [0.2, 0.25) is 5.02 Å². The van der Waals surface area contributed by atoms with Crippen LogP contribution in [-0.4, -0.2) is 39.9 Å². The smallest absolute Gasteiger partial charge is 0.244 e. The second-order valence-electron chi connectivity index (χ2n) is 5.73. The number of amides is 1. The van der Waals surface area contributed by atoms with Gasteiger partial charge in [-0.3, -0.25) is 4.79 Å². The fraction of sp³-hybridized carbons (Fsp3) is 0.500. The van der Waals surface area contributed by atoms with Crippen LogP contribution in [-0.2, 0) is 9.53 Å². The summed E-state index contributed by atoms with van der Waals surface area (Å²) < 4.78 is 15.9. The van der Waals surface area contributed by atoms with Gasteiger partial charge in [-0.15, -0.1) is 0 Å². The van der Waals surface area contributed by atoms with Crippen molar-refractivity contribution in [3.8, 4) is 11.5 Å². The monoisotopic (exact) mass is 353 g/mol. The molecule has 1 aliphatic carbocycles. The number of benzene rings is 1. The molecule has 1 aromatic rings. The van der Waals surface area contributed by atoms with Crippen LogP contribution >= 0.6 is 11.6 Å². The highest BCUT2D eigenvalue weighted by atomic mass is 35.5. The van der Waals surface area contributed by atoms with Gasteiger partial charge in [0.25, 0.3) is 0 Å². The van der Waals surface area contributed by atoms with E-state index in [1.165, 1.54) is 26.0 Å². The Bertz CT molecular complexity index is 585. The van der Waals surface area contributed by atoms with E-state index in [4.69, 9.17) is 25.8 Å². The van der Waals surface area contributed by atoms with Gasteiger partial charge in [-0.05, 0) is 49.0 Å². The number of halogens is 1. The molecular weight excluding hydrogens is 330 g/mol. The van der Waals surface area contributed by atoms with Gasteiger partial charge in [0.1, 0.15) is 0 Å². The van der Waals surface area contributed by atoms with Crippen molar-refractivity contribution in [1.82, 2.24) is 5.32 Å². The number of methoxy groups -OCH3 is 2. The molecule has 0 saturated heterocycles. The molecule has 1 N–H and O–H groups in total. The molecule has 6 heteroatoms. The maximum absolute atomic E-state index is 11.8. The van der Waals surface area contributed by atoms with Crippen molar-refractivity contribution in [2.24, 2.45) is 5.92 Å². The molecule has 1 aromatic carbocycles. The Morgan fingerprint density at radius 2 is 2.12 bits per heavy atom. The first-order valence-electron chi connectivity index (χ1n) is 8.09. The summed E-state index contributed by atoms with van der Waals surface area (Å²) in [5.74, 6) is 1.63. The molecular formula is C18H24ClNO4. The number of nitrogens with one attached hydrogen (secondary N) is 1. The van der Waals surface area contributed by atoms with E-state index in [0.717, 1.165) is 24.5 Å². The lowest BCUT2D eigenvalue weighted by Gasteiger charge is -2.10. The van der Waals surface area contributed by atoms with Crippen molar-refractivity contribution in [2.75, 3.05) is 34.0 Å². The van der Waals surface area contributed by atoms with Crippen molar-refractivity contribution < 1.29 is 19.0 Å². The lowest BCUT2D eigenvalue weighted by atomic mass is 10.2. The number of hydrogen-bond acceptors (Lipinski definition) is 4. The summed E-state index contributed by atoms with van der Waals surface area (Å²) in [6.07, 6.45) is 6.56. The summed E-state index contributed by atoms with van der Waals surface area (Å²) in [7, 11) is 3.07. The zero-order valence-electron chi connectivity index (χ0n) is 14.1. The van der Waals surface area contributed by atoms with Crippen LogP contribution in [0.4, 0.5) is 0 Å². The molecule has 1 amide bonds. The maximum atomic E-state index is 11.8. The molecule has 0 bridgehead atoms. The zero-order chi connectivity index (χ0) is 17.4. The number of ether oxygens (including phenoxy) is 3. The quantitative estimate of drug-likeness (QED) is 0.518. The highest BCUT2D eigenvalue weighted by Crippen LogP contribution is 2.36. The summed E-state index contributed by atoms with van der Waals surface area (Å²) in [5, 5.41) is 3.26.